The highest BCUT2D eigenvalue weighted by atomic mass is 79.9. The van der Waals surface area contributed by atoms with Crippen LogP contribution in [0.3, 0.4) is 0 Å². The lowest BCUT2D eigenvalue weighted by atomic mass is 9.85. The summed E-state index contributed by atoms with van der Waals surface area (Å²) in [6.45, 7) is 1.75. The fraction of sp³-hybridized carbons (Fsp3) is 0.393. The first-order valence-electron chi connectivity index (χ1n) is 12.5. The summed E-state index contributed by atoms with van der Waals surface area (Å²) in [5, 5.41) is 6.68. The lowest BCUT2D eigenvalue weighted by molar-refractivity contribution is -0.137. The zero-order chi connectivity index (χ0) is 24.2. The van der Waals surface area contributed by atoms with Crippen molar-refractivity contribution in [1.29, 1.82) is 0 Å². The van der Waals surface area contributed by atoms with E-state index in [0.717, 1.165) is 91.6 Å². The van der Waals surface area contributed by atoms with Gasteiger partial charge in [0.05, 0.1) is 22.7 Å². The fourth-order valence-electron chi connectivity index (χ4n) is 5.71. The van der Waals surface area contributed by atoms with Gasteiger partial charge in [0.2, 0.25) is 0 Å². The second kappa shape index (κ2) is 8.84. The molecule has 0 radical (unpaired) electrons. The van der Waals surface area contributed by atoms with E-state index in [9.17, 15) is 13.2 Å². The number of anilines is 2. The van der Waals surface area contributed by atoms with Crippen molar-refractivity contribution < 1.29 is 13.2 Å². The molecule has 2 heterocycles. The van der Waals surface area contributed by atoms with Gasteiger partial charge in [-0.25, -0.2) is 5.01 Å². The summed E-state index contributed by atoms with van der Waals surface area (Å²) in [7, 11) is 0. The Balaban J connectivity index is 1.57. The second-order valence-electron chi connectivity index (χ2n) is 9.78. The maximum Gasteiger partial charge on any atom is 0.418 e. The molecule has 2 aliphatic heterocycles. The first-order valence-corrected chi connectivity index (χ1v) is 13.2. The number of benzene rings is 2. The van der Waals surface area contributed by atoms with Crippen LogP contribution >= 0.6 is 15.9 Å². The fourth-order valence-corrected chi connectivity index (χ4v) is 6.11. The van der Waals surface area contributed by atoms with E-state index in [4.69, 9.17) is 5.10 Å². The Morgan fingerprint density at radius 1 is 0.829 bits per heavy atom. The molecule has 7 heteroatoms. The number of hydrogen-bond acceptors (Lipinski definition) is 3. The largest absolute Gasteiger partial charge is 0.418 e. The van der Waals surface area contributed by atoms with Gasteiger partial charge in [-0.1, -0.05) is 28.1 Å². The SMILES string of the molecule is FC(F)(F)c1ccc(N2CCCC2)cc1N1N=C(c2cccc(Br)c2)C2=C(CCC2)C1=C1CCC1. The summed E-state index contributed by atoms with van der Waals surface area (Å²) in [5.74, 6) is 0. The molecule has 2 aliphatic carbocycles. The van der Waals surface area contributed by atoms with Gasteiger partial charge in [-0.05, 0) is 98.4 Å². The van der Waals surface area contributed by atoms with E-state index in [0.29, 0.717) is 0 Å². The van der Waals surface area contributed by atoms with Crippen molar-refractivity contribution in [2.75, 3.05) is 23.0 Å². The topological polar surface area (TPSA) is 18.8 Å². The predicted octanol–water partition coefficient (Wildman–Crippen LogP) is 8.21. The maximum atomic E-state index is 14.4. The first-order chi connectivity index (χ1) is 16.9. The molecule has 182 valence electrons. The number of halogens is 4. The molecule has 0 aromatic heterocycles. The molecule has 3 nitrogen and oxygen atoms in total. The summed E-state index contributed by atoms with van der Waals surface area (Å²) in [5.41, 5.74) is 6.61. The molecule has 0 amide bonds. The quantitative estimate of drug-likeness (QED) is 0.389. The molecule has 35 heavy (non-hydrogen) atoms. The molecule has 2 aromatic rings. The van der Waals surface area contributed by atoms with Crippen LogP contribution < -0.4 is 9.91 Å². The molecule has 0 spiro atoms. The molecule has 1 saturated carbocycles. The summed E-state index contributed by atoms with van der Waals surface area (Å²) in [6.07, 6.45) is 3.39. The summed E-state index contributed by atoms with van der Waals surface area (Å²) < 4.78 is 44.0. The Morgan fingerprint density at radius 2 is 1.57 bits per heavy atom. The van der Waals surface area contributed by atoms with Gasteiger partial charge in [0, 0.05) is 28.8 Å². The predicted molar refractivity (Wildman–Crippen MR) is 138 cm³/mol. The van der Waals surface area contributed by atoms with Gasteiger partial charge in [0.15, 0.2) is 0 Å². The highest BCUT2D eigenvalue weighted by Crippen LogP contribution is 2.48. The van der Waals surface area contributed by atoms with Crippen molar-refractivity contribution in [3.63, 3.8) is 0 Å². The zero-order valence-electron chi connectivity index (χ0n) is 19.5. The minimum atomic E-state index is -4.47. The van der Waals surface area contributed by atoms with Gasteiger partial charge in [-0.3, -0.25) is 0 Å². The molecule has 2 aromatic carbocycles. The van der Waals surface area contributed by atoms with Gasteiger partial charge >= 0.3 is 6.18 Å². The van der Waals surface area contributed by atoms with E-state index in [2.05, 4.69) is 20.8 Å². The highest BCUT2D eigenvalue weighted by Gasteiger charge is 2.40. The van der Waals surface area contributed by atoms with Crippen LogP contribution in [0.15, 0.2) is 74.5 Å². The van der Waals surface area contributed by atoms with Crippen LogP contribution in [0.2, 0.25) is 0 Å². The molecule has 4 aliphatic rings. The minimum Gasteiger partial charge on any atom is -0.371 e. The average Bonchev–Trinajstić information content (AvgIpc) is 3.50. The van der Waals surface area contributed by atoms with E-state index in [1.807, 2.05) is 24.3 Å². The number of rotatable bonds is 3. The molecular weight excluding hydrogens is 515 g/mol. The number of alkyl halides is 3. The molecule has 0 atom stereocenters. The second-order valence-corrected chi connectivity index (χ2v) is 10.7. The molecule has 6 rings (SSSR count). The summed E-state index contributed by atoms with van der Waals surface area (Å²) in [4.78, 5) is 2.18. The van der Waals surface area contributed by atoms with Crippen molar-refractivity contribution in [1.82, 2.24) is 0 Å². The Hall–Kier alpha value is -2.54. The normalized spacial score (nSPS) is 20.4. The summed E-state index contributed by atoms with van der Waals surface area (Å²) in [6, 6.07) is 12.5. The van der Waals surface area contributed by atoms with Gasteiger partial charge in [0.1, 0.15) is 0 Å². The van der Waals surface area contributed by atoms with Crippen LogP contribution in [0.1, 0.15) is 62.5 Å². The first kappa shape index (κ1) is 22.9. The Morgan fingerprint density at radius 3 is 2.26 bits per heavy atom. The van der Waals surface area contributed by atoms with Crippen molar-refractivity contribution in [3.05, 3.63) is 80.5 Å². The lowest BCUT2D eigenvalue weighted by Gasteiger charge is -2.36. The van der Waals surface area contributed by atoms with Crippen molar-refractivity contribution in [2.24, 2.45) is 5.10 Å². The van der Waals surface area contributed by atoms with Crippen LogP contribution in [-0.4, -0.2) is 18.8 Å². The third-order valence-electron chi connectivity index (χ3n) is 7.58. The molecule has 0 unspecified atom stereocenters. The third kappa shape index (κ3) is 4.11. The monoisotopic (exact) mass is 541 g/mol. The number of allylic oxidation sites excluding steroid dienone is 3. The van der Waals surface area contributed by atoms with Gasteiger partial charge in [-0.15, -0.1) is 0 Å². The van der Waals surface area contributed by atoms with Crippen LogP contribution in [-0.2, 0) is 6.18 Å². The van der Waals surface area contributed by atoms with E-state index in [1.54, 1.807) is 17.1 Å². The van der Waals surface area contributed by atoms with E-state index in [1.165, 1.54) is 22.8 Å². The maximum absolute atomic E-state index is 14.4. The average molecular weight is 542 g/mol. The van der Waals surface area contributed by atoms with E-state index < -0.39 is 11.7 Å². The third-order valence-corrected chi connectivity index (χ3v) is 8.07. The van der Waals surface area contributed by atoms with Crippen LogP contribution in [0.25, 0.3) is 0 Å². The molecule has 1 saturated heterocycles. The number of hydrogen-bond donors (Lipinski definition) is 0. The van der Waals surface area contributed by atoms with Crippen molar-refractivity contribution in [2.45, 2.75) is 57.5 Å². The molecule has 2 fully saturated rings. The lowest BCUT2D eigenvalue weighted by Crippen LogP contribution is -2.30. The molecule has 0 bridgehead atoms. The molecule has 0 N–H and O–H groups in total. The molecular formula is C28H27BrF3N3. The smallest absolute Gasteiger partial charge is 0.371 e. The number of hydrazone groups is 1. The minimum absolute atomic E-state index is 0.141. The Bertz CT molecular complexity index is 1260. The van der Waals surface area contributed by atoms with Crippen molar-refractivity contribution >= 4 is 33.0 Å². The zero-order valence-corrected chi connectivity index (χ0v) is 21.1. The van der Waals surface area contributed by atoms with Gasteiger partial charge in [0.25, 0.3) is 0 Å². The van der Waals surface area contributed by atoms with E-state index in [-0.39, 0.29) is 5.69 Å². The van der Waals surface area contributed by atoms with Crippen molar-refractivity contribution in [3.8, 4) is 0 Å². The van der Waals surface area contributed by atoms with Crippen LogP contribution in [0.5, 0.6) is 0 Å². The Labute approximate surface area is 212 Å². The Kier molecular flexibility index (Phi) is 5.78. The van der Waals surface area contributed by atoms with Crippen LogP contribution in [0, 0.1) is 0 Å². The number of nitrogens with zero attached hydrogens (tertiary/aromatic N) is 3. The standard InChI is InChI=1S/C28H27BrF3N3/c29-20-9-4-8-19(16-20)26-22-10-5-11-23(22)27(18-6-3-7-18)35(33-26)25-17-21(34-14-1-2-15-34)12-13-24(25)28(30,31)32/h4,8-9,12-13,16-17H,1-3,5-7,10-11,14-15H2. The van der Waals surface area contributed by atoms with Gasteiger partial charge < -0.3 is 4.90 Å². The van der Waals surface area contributed by atoms with Crippen LogP contribution in [0.4, 0.5) is 24.5 Å². The summed E-state index contributed by atoms with van der Waals surface area (Å²) >= 11 is 3.55. The highest BCUT2D eigenvalue weighted by molar-refractivity contribution is 9.10. The van der Waals surface area contributed by atoms with E-state index >= 15 is 0 Å². The van der Waals surface area contributed by atoms with Gasteiger partial charge in [-0.2, -0.15) is 18.3 Å².